The number of rotatable bonds is 1. The van der Waals surface area contributed by atoms with Gasteiger partial charge in [0.2, 0.25) is 0 Å². The summed E-state index contributed by atoms with van der Waals surface area (Å²) < 4.78 is 0. The van der Waals surface area contributed by atoms with Crippen molar-refractivity contribution in [2.45, 2.75) is 39.5 Å². The van der Waals surface area contributed by atoms with E-state index in [1.807, 2.05) is 0 Å². The van der Waals surface area contributed by atoms with E-state index < -0.39 is 0 Å². The molecule has 0 saturated heterocycles. The first-order chi connectivity index (χ1) is 7.13. The first-order valence-corrected chi connectivity index (χ1v) is 5.29. The monoisotopic (exact) mass is 400 g/mol. The first kappa shape index (κ1) is 17.7. The van der Waals surface area contributed by atoms with Gasteiger partial charge in [0.05, 0.1) is 0 Å². The third-order valence-electron chi connectivity index (χ3n) is 1.74. The molecule has 1 aliphatic rings. The van der Waals surface area contributed by atoms with Crippen LogP contribution in [0.15, 0.2) is 36.1 Å². The third kappa shape index (κ3) is 15.8. The van der Waals surface area contributed by atoms with Crippen LogP contribution in [-0.4, -0.2) is 5.78 Å². The van der Waals surface area contributed by atoms with Gasteiger partial charge in [0.1, 0.15) is 0 Å². The Kier molecular flexibility index (Phi) is 13.7. The summed E-state index contributed by atoms with van der Waals surface area (Å²) in [5.74, 6) is -0.375. The number of hydrogen-bond donors (Lipinski definition) is 0. The molecule has 0 aromatic carbocycles. The maximum absolute atomic E-state index is 9.98. The van der Waals surface area contributed by atoms with Crippen molar-refractivity contribution < 1.29 is 30.0 Å². The molecule has 0 spiro atoms. The van der Waals surface area contributed by atoms with Crippen LogP contribution in [0.1, 0.15) is 39.5 Å². The molecule has 93 valence electrons. The van der Waals surface area contributed by atoms with Gasteiger partial charge in [-0.3, -0.25) is 4.79 Å². The average molecular weight is 400 g/mol. The van der Waals surface area contributed by atoms with Gasteiger partial charge < -0.3 is 5.11 Å². The molecule has 1 aliphatic carbocycles. The van der Waals surface area contributed by atoms with Crippen LogP contribution in [0.2, 0.25) is 0 Å². The van der Waals surface area contributed by atoms with Crippen LogP contribution in [0.3, 0.4) is 0 Å². The Morgan fingerprint density at radius 1 is 1.00 bits per heavy atom. The molecular weight excluding hydrogens is 380 g/mol. The molecule has 0 aromatic heterocycles. The molecule has 3 heteroatoms. The van der Waals surface area contributed by atoms with E-state index in [0.717, 1.165) is 6.08 Å². The minimum Gasteiger partial charge on any atom is -0.876 e. The van der Waals surface area contributed by atoms with Crippen LogP contribution in [0, 0.1) is 0 Å². The molecular formula is C13H19IrO2-. The normalized spacial score (nSPS) is 19.0. The Morgan fingerprint density at radius 3 is 1.44 bits per heavy atom. The molecule has 0 unspecified atom stereocenters. The second-order valence-corrected chi connectivity index (χ2v) is 3.46. The van der Waals surface area contributed by atoms with Gasteiger partial charge >= 0.3 is 0 Å². The van der Waals surface area contributed by atoms with Crippen molar-refractivity contribution in [3.63, 3.8) is 0 Å². The summed E-state index contributed by atoms with van der Waals surface area (Å²) in [7, 11) is 0. The fourth-order valence-electron chi connectivity index (χ4n) is 1.14. The van der Waals surface area contributed by atoms with Crippen molar-refractivity contribution in [3.05, 3.63) is 36.1 Å². The smallest absolute Gasteiger partial charge is 0.151 e. The Balaban J connectivity index is 0. The minimum absolute atomic E-state index is 0. The van der Waals surface area contributed by atoms with E-state index in [9.17, 15) is 9.90 Å². The summed E-state index contributed by atoms with van der Waals surface area (Å²) in [6.07, 6.45) is 15.1. The largest absolute Gasteiger partial charge is 0.876 e. The molecule has 0 heterocycles. The Hall–Kier alpha value is -0.661. The fourth-order valence-corrected chi connectivity index (χ4v) is 1.14. The first-order valence-electron chi connectivity index (χ1n) is 5.29. The number of allylic oxidation sites excluding steroid dienone is 6. The SMILES string of the molecule is C1=C\CC/C=C\CC/1.CC(=O)C=C(C)[O-].[Ir]. The molecule has 0 aliphatic heterocycles. The molecule has 1 radical (unpaired) electrons. The van der Waals surface area contributed by atoms with Crippen molar-refractivity contribution in [3.8, 4) is 0 Å². The summed E-state index contributed by atoms with van der Waals surface area (Å²) >= 11 is 0. The molecule has 0 aromatic rings. The van der Waals surface area contributed by atoms with Gasteiger partial charge in [-0.2, -0.15) is 0 Å². The predicted molar refractivity (Wildman–Crippen MR) is 61.2 cm³/mol. The molecule has 1 rings (SSSR count). The van der Waals surface area contributed by atoms with Gasteiger partial charge in [-0.25, -0.2) is 0 Å². The van der Waals surface area contributed by atoms with Crippen LogP contribution in [0.5, 0.6) is 0 Å². The van der Waals surface area contributed by atoms with Gasteiger partial charge in [0, 0.05) is 20.1 Å². The zero-order chi connectivity index (χ0) is 11.5. The summed E-state index contributed by atoms with van der Waals surface area (Å²) in [6.45, 7) is 2.70. The quantitative estimate of drug-likeness (QED) is 0.386. The molecule has 0 amide bonds. The molecule has 16 heavy (non-hydrogen) atoms. The number of carbonyl (C=O) groups excluding carboxylic acids is 1. The van der Waals surface area contributed by atoms with Crippen molar-refractivity contribution >= 4 is 5.78 Å². The Bertz CT molecular complexity index is 235. The predicted octanol–water partition coefficient (Wildman–Crippen LogP) is 2.51. The molecule has 0 saturated carbocycles. The van der Waals surface area contributed by atoms with E-state index in [0.29, 0.717) is 0 Å². The topological polar surface area (TPSA) is 40.1 Å². The maximum Gasteiger partial charge on any atom is 0.151 e. The van der Waals surface area contributed by atoms with E-state index in [-0.39, 0.29) is 31.6 Å². The molecule has 2 nitrogen and oxygen atoms in total. The fraction of sp³-hybridized carbons (Fsp3) is 0.462. The van der Waals surface area contributed by atoms with Crippen LogP contribution >= 0.6 is 0 Å². The van der Waals surface area contributed by atoms with Gasteiger partial charge in [0.25, 0.3) is 0 Å². The van der Waals surface area contributed by atoms with Crippen LogP contribution in [-0.2, 0) is 24.9 Å². The molecule has 0 fully saturated rings. The van der Waals surface area contributed by atoms with E-state index in [1.54, 1.807) is 0 Å². The van der Waals surface area contributed by atoms with Crippen molar-refractivity contribution in [1.29, 1.82) is 0 Å². The zero-order valence-corrected chi connectivity index (χ0v) is 12.3. The Morgan fingerprint density at radius 2 is 1.31 bits per heavy atom. The number of ketones is 1. The molecule has 0 atom stereocenters. The molecule has 0 N–H and O–H groups in total. The van der Waals surface area contributed by atoms with Crippen molar-refractivity contribution in [2.75, 3.05) is 0 Å². The summed E-state index contributed by atoms with van der Waals surface area (Å²) in [6, 6.07) is 0. The second kappa shape index (κ2) is 12.4. The van der Waals surface area contributed by atoms with Gasteiger partial charge in [0.15, 0.2) is 5.78 Å². The zero-order valence-electron chi connectivity index (χ0n) is 9.87. The van der Waals surface area contributed by atoms with E-state index in [4.69, 9.17) is 0 Å². The average Bonchev–Trinajstić information content (AvgIpc) is 1.99. The minimum atomic E-state index is -0.187. The van der Waals surface area contributed by atoms with Crippen LogP contribution in [0.4, 0.5) is 0 Å². The standard InChI is InChI=1S/C8H12.C5H8O2.Ir/c1-2-4-6-8-7-5-3-1;1-4(6)3-5(2)7;/h1-2,7-8H,3-6H2;3,6H,1-2H3;/p-1/b2-1-,8-7-;;. The van der Waals surface area contributed by atoms with E-state index in [1.165, 1.54) is 39.5 Å². The van der Waals surface area contributed by atoms with Crippen LogP contribution < -0.4 is 5.11 Å². The molecule has 0 bridgehead atoms. The summed E-state index contributed by atoms with van der Waals surface area (Å²) in [5.41, 5.74) is 0. The summed E-state index contributed by atoms with van der Waals surface area (Å²) in [5, 5.41) is 9.98. The van der Waals surface area contributed by atoms with E-state index in [2.05, 4.69) is 24.3 Å². The number of hydrogen-bond acceptors (Lipinski definition) is 2. The maximum atomic E-state index is 9.98. The van der Waals surface area contributed by atoms with E-state index >= 15 is 0 Å². The Labute approximate surface area is 111 Å². The van der Waals surface area contributed by atoms with Crippen molar-refractivity contribution in [2.24, 2.45) is 0 Å². The third-order valence-corrected chi connectivity index (χ3v) is 1.74. The van der Waals surface area contributed by atoms with Crippen molar-refractivity contribution in [1.82, 2.24) is 0 Å². The second-order valence-electron chi connectivity index (χ2n) is 3.46. The number of carbonyl (C=O) groups is 1. The van der Waals surface area contributed by atoms with Gasteiger partial charge in [-0.1, -0.05) is 31.2 Å². The summed E-state index contributed by atoms with van der Waals surface area (Å²) in [4.78, 5) is 9.98. The van der Waals surface area contributed by atoms with Crippen LogP contribution in [0.25, 0.3) is 0 Å². The van der Waals surface area contributed by atoms with Gasteiger partial charge in [-0.05, 0) is 38.7 Å². The van der Waals surface area contributed by atoms with Gasteiger partial charge in [-0.15, -0.1) is 5.76 Å².